The Morgan fingerprint density at radius 3 is 2.56 bits per heavy atom. The number of likely N-dealkylation sites (N-methyl/N-ethyl adjacent to an activating group) is 1. The average molecular weight is 306 g/mol. The zero-order valence-electron chi connectivity index (χ0n) is 10.6. The Bertz CT molecular complexity index is 511. The number of aryl methyl sites for hydroxylation is 1. The minimum atomic E-state index is 0.923. The van der Waals surface area contributed by atoms with E-state index in [1.807, 2.05) is 14.0 Å². The fourth-order valence-electron chi connectivity index (χ4n) is 1.70. The van der Waals surface area contributed by atoms with Gasteiger partial charge in [0.15, 0.2) is 0 Å². The van der Waals surface area contributed by atoms with Crippen molar-refractivity contribution in [3.63, 3.8) is 0 Å². The number of benzene rings is 1. The van der Waals surface area contributed by atoms with Gasteiger partial charge in [0.25, 0.3) is 0 Å². The van der Waals surface area contributed by atoms with E-state index in [1.54, 1.807) is 12.4 Å². The molecule has 3 nitrogen and oxygen atoms in total. The molecule has 0 bridgehead atoms. The van der Waals surface area contributed by atoms with Gasteiger partial charge < -0.3 is 4.90 Å². The highest BCUT2D eigenvalue weighted by molar-refractivity contribution is 9.10. The zero-order chi connectivity index (χ0) is 13.0. The molecule has 2 rings (SSSR count). The van der Waals surface area contributed by atoms with Gasteiger partial charge in [-0.3, -0.25) is 4.98 Å². The van der Waals surface area contributed by atoms with Crippen LogP contribution in [0.3, 0.4) is 0 Å². The second-order valence-electron chi connectivity index (χ2n) is 4.32. The van der Waals surface area contributed by atoms with Crippen LogP contribution >= 0.6 is 15.9 Å². The summed E-state index contributed by atoms with van der Waals surface area (Å²) < 4.78 is 1.11. The van der Waals surface area contributed by atoms with Crippen LogP contribution in [0, 0.1) is 6.92 Å². The number of nitrogens with zero attached hydrogens (tertiary/aromatic N) is 3. The molecule has 0 unspecified atom stereocenters. The molecule has 0 aliphatic heterocycles. The molecule has 0 N–H and O–H groups in total. The predicted octanol–water partition coefficient (Wildman–Crippen LogP) is 3.23. The van der Waals surface area contributed by atoms with Crippen molar-refractivity contribution in [1.82, 2.24) is 9.97 Å². The summed E-state index contributed by atoms with van der Waals surface area (Å²) in [6, 6.07) is 8.42. The van der Waals surface area contributed by atoms with Crippen LogP contribution in [-0.2, 0) is 6.42 Å². The van der Waals surface area contributed by atoms with Gasteiger partial charge in [0.2, 0.25) is 0 Å². The Hall–Kier alpha value is -1.42. The van der Waals surface area contributed by atoms with Crippen LogP contribution in [-0.4, -0.2) is 23.6 Å². The largest absolute Gasteiger partial charge is 0.358 e. The lowest BCUT2D eigenvalue weighted by Gasteiger charge is -2.17. The van der Waals surface area contributed by atoms with Gasteiger partial charge in [-0.15, -0.1) is 0 Å². The minimum absolute atomic E-state index is 0.923. The third kappa shape index (κ3) is 3.53. The van der Waals surface area contributed by atoms with E-state index in [4.69, 9.17) is 0 Å². The maximum Gasteiger partial charge on any atom is 0.147 e. The Morgan fingerprint density at radius 1 is 1.17 bits per heavy atom. The molecular weight excluding hydrogens is 290 g/mol. The van der Waals surface area contributed by atoms with E-state index in [1.165, 1.54) is 5.56 Å². The SMILES string of the molecule is Cc1cncc(N(C)CCc2ccc(Br)cc2)n1. The number of anilines is 1. The van der Waals surface area contributed by atoms with Crippen molar-refractivity contribution in [3.8, 4) is 0 Å². The van der Waals surface area contributed by atoms with Crippen molar-refractivity contribution < 1.29 is 0 Å². The molecule has 0 saturated heterocycles. The van der Waals surface area contributed by atoms with E-state index < -0.39 is 0 Å². The van der Waals surface area contributed by atoms with Crippen LogP contribution in [0.1, 0.15) is 11.3 Å². The summed E-state index contributed by atoms with van der Waals surface area (Å²) in [4.78, 5) is 10.7. The maximum atomic E-state index is 4.46. The fourth-order valence-corrected chi connectivity index (χ4v) is 1.96. The Morgan fingerprint density at radius 2 is 1.89 bits per heavy atom. The summed E-state index contributed by atoms with van der Waals surface area (Å²) in [6.07, 6.45) is 4.57. The van der Waals surface area contributed by atoms with Crippen molar-refractivity contribution >= 4 is 21.7 Å². The summed E-state index contributed by atoms with van der Waals surface area (Å²) in [5, 5.41) is 0. The third-order valence-electron chi connectivity index (χ3n) is 2.78. The van der Waals surface area contributed by atoms with Crippen LogP contribution in [0.4, 0.5) is 5.82 Å². The van der Waals surface area contributed by atoms with Gasteiger partial charge in [-0.05, 0) is 31.0 Å². The standard InChI is InChI=1S/C14H16BrN3/c1-11-9-16-10-14(17-11)18(2)8-7-12-3-5-13(15)6-4-12/h3-6,9-10H,7-8H2,1-2H3. The molecule has 94 valence electrons. The topological polar surface area (TPSA) is 29.0 Å². The van der Waals surface area contributed by atoms with Crippen LogP contribution in [0.25, 0.3) is 0 Å². The summed E-state index contributed by atoms with van der Waals surface area (Å²) in [6.45, 7) is 2.89. The normalized spacial score (nSPS) is 10.4. The van der Waals surface area contributed by atoms with E-state index in [9.17, 15) is 0 Å². The van der Waals surface area contributed by atoms with E-state index in [0.717, 1.165) is 29.0 Å². The Labute approximate surface area is 116 Å². The molecule has 0 radical (unpaired) electrons. The predicted molar refractivity (Wildman–Crippen MR) is 77.9 cm³/mol. The molecule has 1 aromatic heterocycles. The molecule has 0 spiro atoms. The van der Waals surface area contributed by atoms with Crippen LogP contribution in [0.15, 0.2) is 41.1 Å². The van der Waals surface area contributed by atoms with Gasteiger partial charge in [-0.25, -0.2) is 4.98 Å². The lowest BCUT2D eigenvalue weighted by Crippen LogP contribution is -2.21. The molecule has 18 heavy (non-hydrogen) atoms. The fraction of sp³-hybridized carbons (Fsp3) is 0.286. The smallest absolute Gasteiger partial charge is 0.147 e. The van der Waals surface area contributed by atoms with Gasteiger partial charge in [-0.1, -0.05) is 28.1 Å². The zero-order valence-corrected chi connectivity index (χ0v) is 12.2. The molecule has 0 fully saturated rings. The summed E-state index contributed by atoms with van der Waals surface area (Å²) in [7, 11) is 2.04. The van der Waals surface area contributed by atoms with Crippen LogP contribution in [0.5, 0.6) is 0 Å². The second kappa shape index (κ2) is 5.96. The van der Waals surface area contributed by atoms with Gasteiger partial charge in [0, 0.05) is 24.3 Å². The van der Waals surface area contributed by atoms with Gasteiger partial charge in [-0.2, -0.15) is 0 Å². The maximum absolute atomic E-state index is 4.46. The van der Waals surface area contributed by atoms with E-state index >= 15 is 0 Å². The number of hydrogen-bond donors (Lipinski definition) is 0. The van der Waals surface area contributed by atoms with Gasteiger partial charge in [0.1, 0.15) is 5.82 Å². The molecule has 2 aromatic rings. The lowest BCUT2D eigenvalue weighted by molar-refractivity contribution is 0.850. The first-order chi connectivity index (χ1) is 8.65. The van der Waals surface area contributed by atoms with E-state index in [2.05, 4.69) is 55.1 Å². The highest BCUT2D eigenvalue weighted by atomic mass is 79.9. The highest BCUT2D eigenvalue weighted by Gasteiger charge is 2.03. The number of rotatable bonds is 4. The quantitative estimate of drug-likeness (QED) is 0.868. The summed E-state index contributed by atoms with van der Waals surface area (Å²) in [5.41, 5.74) is 2.27. The number of hydrogen-bond acceptors (Lipinski definition) is 3. The van der Waals surface area contributed by atoms with Crippen molar-refractivity contribution in [3.05, 3.63) is 52.4 Å². The van der Waals surface area contributed by atoms with E-state index in [0.29, 0.717) is 0 Å². The molecule has 0 aliphatic rings. The molecule has 1 aromatic carbocycles. The number of aromatic nitrogens is 2. The Kier molecular flexibility index (Phi) is 4.31. The van der Waals surface area contributed by atoms with Crippen LogP contribution in [0.2, 0.25) is 0 Å². The first-order valence-corrected chi connectivity index (χ1v) is 6.68. The third-order valence-corrected chi connectivity index (χ3v) is 3.31. The molecular formula is C14H16BrN3. The lowest BCUT2D eigenvalue weighted by atomic mass is 10.1. The van der Waals surface area contributed by atoms with Gasteiger partial charge >= 0.3 is 0 Å². The number of halogens is 1. The molecule has 0 atom stereocenters. The van der Waals surface area contributed by atoms with Crippen molar-refractivity contribution in [2.24, 2.45) is 0 Å². The van der Waals surface area contributed by atoms with Crippen molar-refractivity contribution in [2.45, 2.75) is 13.3 Å². The molecule has 0 aliphatic carbocycles. The minimum Gasteiger partial charge on any atom is -0.358 e. The highest BCUT2D eigenvalue weighted by Crippen LogP contribution is 2.12. The molecule has 1 heterocycles. The molecule has 0 amide bonds. The summed E-state index contributed by atoms with van der Waals surface area (Å²) in [5.74, 6) is 0.923. The molecule has 0 saturated carbocycles. The van der Waals surface area contributed by atoms with Crippen molar-refractivity contribution in [2.75, 3.05) is 18.5 Å². The monoisotopic (exact) mass is 305 g/mol. The Balaban J connectivity index is 1.96. The van der Waals surface area contributed by atoms with Crippen molar-refractivity contribution in [1.29, 1.82) is 0 Å². The van der Waals surface area contributed by atoms with Crippen LogP contribution < -0.4 is 4.90 Å². The second-order valence-corrected chi connectivity index (χ2v) is 5.23. The first kappa shape index (κ1) is 13.0. The van der Waals surface area contributed by atoms with Gasteiger partial charge in [0.05, 0.1) is 11.9 Å². The van der Waals surface area contributed by atoms with E-state index in [-0.39, 0.29) is 0 Å². The summed E-state index contributed by atoms with van der Waals surface area (Å²) >= 11 is 3.44. The average Bonchev–Trinajstić information content (AvgIpc) is 2.38. The molecule has 4 heteroatoms. The first-order valence-electron chi connectivity index (χ1n) is 5.89.